The van der Waals surface area contributed by atoms with E-state index in [0.29, 0.717) is 12.4 Å². The van der Waals surface area contributed by atoms with Crippen LogP contribution in [0.3, 0.4) is 0 Å². The lowest BCUT2D eigenvalue weighted by atomic mass is 10.1. The molecule has 8 heteroatoms. The van der Waals surface area contributed by atoms with E-state index in [9.17, 15) is 14.9 Å². The SMILES string of the molecule is Cc1nc([N+](=O)[O-])cn1CC(=O)N1CCCCCC1/C=C/c1cccs1. The third-order valence-corrected chi connectivity index (χ3v) is 5.44. The molecule has 138 valence electrons. The van der Waals surface area contributed by atoms with Crippen LogP contribution in [0, 0.1) is 17.0 Å². The molecule has 0 saturated carbocycles. The summed E-state index contributed by atoms with van der Waals surface area (Å²) in [6.45, 7) is 2.47. The van der Waals surface area contributed by atoms with E-state index >= 15 is 0 Å². The van der Waals surface area contributed by atoms with E-state index < -0.39 is 4.92 Å². The molecule has 0 aliphatic carbocycles. The summed E-state index contributed by atoms with van der Waals surface area (Å²) < 4.78 is 1.56. The van der Waals surface area contributed by atoms with Crippen molar-refractivity contribution in [1.29, 1.82) is 0 Å². The number of imidazole rings is 1. The molecule has 0 bridgehead atoms. The Morgan fingerprint density at radius 2 is 2.31 bits per heavy atom. The first-order valence-corrected chi connectivity index (χ1v) is 9.62. The number of hydrogen-bond donors (Lipinski definition) is 0. The molecule has 26 heavy (non-hydrogen) atoms. The predicted molar refractivity (Wildman–Crippen MR) is 101 cm³/mol. The van der Waals surface area contributed by atoms with Crippen LogP contribution in [-0.2, 0) is 11.3 Å². The average Bonchev–Trinajstić information content (AvgIpc) is 3.18. The zero-order valence-corrected chi connectivity index (χ0v) is 15.5. The first-order valence-electron chi connectivity index (χ1n) is 8.74. The Morgan fingerprint density at radius 3 is 3.00 bits per heavy atom. The number of nitrogens with zero attached hydrogens (tertiary/aromatic N) is 4. The Bertz CT molecular complexity index is 797. The molecule has 1 aliphatic rings. The van der Waals surface area contributed by atoms with Gasteiger partial charge in [0.2, 0.25) is 11.7 Å². The van der Waals surface area contributed by atoms with Crippen molar-refractivity contribution < 1.29 is 9.72 Å². The van der Waals surface area contributed by atoms with Crippen molar-refractivity contribution in [3.05, 3.63) is 50.6 Å². The molecule has 0 radical (unpaired) electrons. The lowest BCUT2D eigenvalue weighted by molar-refractivity contribution is -0.389. The van der Waals surface area contributed by atoms with Crippen molar-refractivity contribution in [1.82, 2.24) is 14.5 Å². The Hall–Kier alpha value is -2.48. The van der Waals surface area contributed by atoms with Gasteiger partial charge in [0, 0.05) is 18.3 Å². The van der Waals surface area contributed by atoms with E-state index in [4.69, 9.17) is 0 Å². The van der Waals surface area contributed by atoms with Gasteiger partial charge < -0.3 is 15.0 Å². The number of hydrogen-bond acceptors (Lipinski definition) is 5. The summed E-state index contributed by atoms with van der Waals surface area (Å²) in [5.74, 6) is 0.231. The molecule has 1 unspecified atom stereocenters. The minimum atomic E-state index is -0.535. The van der Waals surface area contributed by atoms with Crippen molar-refractivity contribution in [3.63, 3.8) is 0 Å². The minimum absolute atomic E-state index is 0.0249. The molecule has 1 fully saturated rings. The highest BCUT2D eigenvalue weighted by molar-refractivity contribution is 7.10. The Balaban J connectivity index is 1.74. The lowest BCUT2D eigenvalue weighted by Crippen LogP contribution is -2.40. The van der Waals surface area contributed by atoms with Crippen LogP contribution in [0.4, 0.5) is 5.82 Å². The first kappa shape index (κ1) is 18.3. The molecule has 0 N–H and O–H groups in total. The van der Waals surface area contributed by atoms with Crippen LogP contribution < -0.4 is 0 Å². The summed E-state index contributed by atoms with van der Waals surface area (Å²) >= 11 is 1.67. The normalized spacial score (nSPS) is 18.2. The monoisotopic (exact) mass is 374 g/mol. The van der Waals surface area contributed by atoms with Gasteiger partial charge in [-0.1, -0.05) is 25.0 Å². The summed E-state index contributed by atoms with van der Waals surface area (Å²) in [4.78, 5) is 30.2. The molecular weight excluding hydrogens is 352 g/mol. The highest BCUT2D eigenvalue weighted by Gasteiger charge is 2.25. The van der Waals surface area contributed by atoms with Crippen LogP contribution in [0.15, 0.2) is 29.8 Å². The molecule has 1 amide bonds. The fourth-order valence-corrected chi connectivity index (χ4v) is 3.84. The molecule has 2 aromatic heterocycles. The van der Waals surface area contributed by atoms with Gasteiger partial charge in [0.25, 0.3) is 0 Å². The molecule has 3 heterocycles. The van der Waals surface area contributed by atoms with Crippen molar-refractivity contribution in [3.8, 4) is 0 Å². The molecule has 1 aliphatic heterocycles. The number of likely N-dealkylation sites (tertiary alicyclic amines) is 1. The van der Waals surface area contributed by atoms with Gasteiger partial charge in [-0.05, 0) is 40.3 Å². The van der Waals surface area contributed by atoms with Crippen molar-refractivity contribution in [2.24, 2.45) is 0 Å². The van der Waals surface area contributed by atoms with E-state index in [0.717, 1.165) is 25.7 Å². The summed E-state index contributed by atoms with van der Waals surface area (Å²) in [6.07, 6.45) is 9.66. The lowest BCUT2D eigenvalue weighted by Gasteiger charge is -2.28. The van der Waals surface area contributed by atoms with Crippen molar-refractivity contribution >= 4 is 29.1 Å². The Morgan fingerprint density at radius 1 is 1.46 bits per heavy atom. The van der Waals surface area contributed by atoms with Crippen molar-refractivity contribution in [2.75, 3.05) is 6.54 Å². The molecule has 7 nitrogen and oxygen atoms in total. The predicted octanol–water partition coefficient (Wildman–Crippen LogP) is 3.65. The molecule has 0 spiro atoms. The average molecular weight is 374 g/mol. The number of rotatable bonds is 5. The van der Waals surface area contributed by atoms with Crippen LogP contribution in [0.2, 0.25) is 0 Å². The largest absolute Gasteiger partial charge is 0.381 e. The maximum Gasteiger partial charge on any atom is 0.381 e. The fourth-order valence-electron chi connectivity index (χ4n) is 3.21. The van der Waals surface area contributed by atoms with Gasteiger partial charge in [-0.2, -0.15) is 0 Å². The smallest absolute Gasteiger partial charge is 0.358 e. The standard InChI is InChI=1S/C18H22N4O3S/c1-14-19-17(22(24)25)12-20(14)13-18(23)21-10-4-2-3-6-15(21)8-9-16-7-5-11-26-16/h5,7-9,11-12,15H,2-4,6,10,13H2,1H3/b9-8+. The first-order chi connectivity index (χ1) is 12.5. The van der Waals surface area contributed by atoms with Crippen molar-refractivity contribution in [2.45, 2.75) is 45.2 Å². The number of nitro groups is 1. The zero-order valence-electron chi connectivity index (χ0n) is 14.7. The number of aromatic nitrogens is 2. The van der Waals surface area contributed by atoms with E-state index in [1.165, 1.54) is 11.1 Å². The third-order valence-electron chi connectivity index (χ3n) is 4.60. The Kier molecular flexibility index (Phi) is 5.82. The number of carbonyl (C=O) groups is 1. The number of aryl methyl sites for hydroxylation is 1. The molecule has 2 aromatic rings. The summed E-state index contributed by atoms with van der Waals surface area (Å²) in [7, 11) is 0. The number of amides is 1. The summed E-state index contributed by atoms with van der Waals surface area (Å²) in [5.41, 5.74) is 0. The highest BCUT2D eigenvalue weighted by atomic mass is 32.1. The molecular formula is C18H22N4O3S. The molecule has 1 saturated heterocycles. The number of carbonyl (C=O) groups excluding carboxylic acids is 1. The zero-order chi connectivity index (χ0) is 18.5. The van der Waals surface area contributed by atoms with Gasteiger partial charge in [-0.25, -0.2) is 0 Å². The summed E-state index contributed by atoms with van der Waals surface area (Å²) in [6, 6.07) is 4.12. The Labute approximate surface area is 156 Å². The second-order valence-corrected chi connectivity index (χ2v) is 7.39. The van der Waals surface area contributed by atoms with E-state index in [1.54, 1.807) is 22.8 Å². The second-order valence-electron chi connectivity index (χ2n) is 6.41. The maximum absolute atomic E-state index is 12.9. The van der Waals surface area contributed by atoms with Gasteiger partial charge >= 0.3 is 5.82 Å². The maximum atomic E-state index is 12.9. The van der Waals surface area contributed by atoms with Crippen LogP contribution in [0.25, 0.3) is 6.08 Å². The van der Waals surface area contributed by atoms with Gasteiger partial charge in [-0.3, -0.25) is 9.36 Å². The van der Waals surface area contributed by atoms with Gasteiger partial charge in [0.15, 0.2) is 0 Å². The van der Waals surface area contributed by atoms with Crippen LogP contribution >= 0.6 is 11.3 Å². The third kappa shape index (κ3) is 4.37. The van der Waals surface area contributed by atoms with E-state index in [2.05, 4.69) is 23.2 Å². The summed E-state index contributed by atoms with van der Waals surface area (Å²) in [5, 5.41) is 12.9. The van der Waals surface area contributed by atoms with Gasteiger partial charge in [0.1, 0.15) is 12.7 Å². The van der Waals surface area contributed by atoms with Gasteiger partial charge in [-0.15, -0.1) is 11.3 Å². The topological polar surface area (TPSA) is 81.3 Å². The van der Waals surface area contributed by atoms with E-state index in [1.807, 2.05) is 16.3 Å². The van der Waals surface area contributed by atoms with Crippen LogP contribution in [-0.4, -0.2) is 37.9 Å². The number of thiophene rings is 1. The van der Waals surface area contributed by atoms with E-state index in [-0.39, 0.29) is 24.3 Å². The fraction of sp³-hybridized carbons (Fsp3) is 0.444. The molecule has 1 atom stereocenters. The molecule has 0 aromatic carbocycles. The van der Waals surface area contributed by atoms with Crippen LogP contribution in [0.5, 0.6) is 0 Å². The second kappa shape index (κ2) is 8.27. The molecule has 3 rings (SSSR count). The minimum Gasteiger partial charge on any atom is -0.358 e. The van der Waals surface area contributed by atoms with Gasteiger partial charge in [0.05, 0.1) is 6.04 Å². The highest BCUT2D eigenvalue weighted by Crippen LogP contribution is 2.21. The quantitative estimate of drug-likeness (QED) is 0.591. The van der Waals surface area contributed by atoms with Crippen LogP contribution in [0.1, 0.15) is 36.4 Å².